The summed E-state index contributed by atoms with van der Waals surface area (Å²) in [6.07, 6.45) is 1.83. The number of aryl methyl sites for hydroxylation is 1. The summed E-state index contributed by atoms with van der Waals surface area (Å²) in [5, 5.41) is 16.4. The van der Waals surface area contributed by atoms with Gasteiger partial charge >= 0.3 is 0 Å². The third kappa shape index (κ3) is 2.88. The van der Waals surface area contributed by atoms with Crippen LogP contribution >= 0.6 is 11.8 Å². The van der Waals surface area contributed by atoms with Crippen LogP contribution in [0, 0.1) is 0 Å². The molecule has 0 amide bonds. The number of nitrogens with zero attached hydrogens (tertiary/aromatic N) is 2. The van der Waals surface area contributed by atoms with Gasteiger partial charge < -0.3 is 9.52 Å². The fraction of sp³-hybridized carbons (Fsp3) is 0.300. The standard InChI is InChI=1S/C10H11N3O3S/c1-2-9-11-10(13-12-9)17-5-6-3-7(14)8(15)4-16-6/h3-4,15H,2,5H2,1H3,(H,11,12,13). The number of aromatic nitrogens is 3. The number of aromatic amines is 1. The second kappa shape index (κ2) is 5.05. The molecule has 0 atom stereocenters. The average molecular weight is 253 g/mol. The van der Waals surface area contributed by atoms with E-state index in [9.17, 15) is 4.79 Å². The maximum atomic E-state index is 11.1. The predicted molar refractivity (Wildman–Crippen MR) is 62.0 cm³/mol. The number of aromatic hydroxyl groups is 1. The van der Waals surface area contributed by atoms with E-state index < -0.39 is 5.43 Å². The lowest BCUT2D eigenvalue weighted by atomic mass is 10.4. The quantitative estimate of drug-likeness (QED) is 0.798. The highest BCUT2D eigenvalue weighted by molar-refractivity contribution is 7.98. The molecule has 0 aromatic carbocycles. The SMILES string of the molecule is CCc1nc(SCc2cc(=O)c(O)co2)n[nH]1. The molecule has 0 aliphatic carbocycles. The zero-order valence-electron chi connectivity index (χ0n) is 9.14. The van der Waals surface area contributed by atoms with Crippen molar-refractivity contribution in [3.05, 3.63) is 34.1 Å². The van der Waals surface area contributed by atoms with Gasteiger partial charge in [0.1, 0.15) is 17.8 Å². The van der Waals surface area contributed by atoms with Gasteiger partial charge in [0.25, 0.3) is 0 Å². The number of H-pyrrole nitrogens is 1. The lowest BCUT2D eigenvalue weighted by Gasteiger charge is -1.97. The monoisotopic (exact) mass is 253 g/mol. The van der Waals surface area contributed by atoms with Gasteiger partial charge in [0.05, 0.1) is 5.75 Å². The Kier molecular flexibility index (Phi) is 3.48. The van der Waals surface area contributed by atoms with Crippen LogP contribution < -0.4 is 5.43 Å². The van der Waals surface area contributed by atoms with Crippen molar-refractivity contribution >= 4 is 11.8 Å². The summed E-state index contributed by atoms with van der Waals surface area (Å²) >= 11 is 1.36. The van der Waals surface area contributed by atoms with E-state index >= 15 is 0 Å². The van der Waals surface area contributed by atoms with Crippen LogP contribution in [0.15, 0.2) is 26.7 Å². The molecule has 0 unspecified atom stereocenters. The molecule has 2 heterocycles. The van der Waals surface area contributed by atoms with Crippen molar-refractivity contribution in [2.75, 3.05) is 0 Å². The second-order valence-corrected chi connectivity index (χ2v) is 4.25. The van der Waals surface area contributed by atoms with Crippen LogP contribution in [0.3, 0.4) is 0 Å². The predicted octanol–water partition coefficient (Wildman–Crippen LogP) is 1.32. The lowest BCUT2D eigenvalue weighted by Crippen LogP contribution is -1.99. The fourth-order valence-corrected chi connectivity index (χ4v) is 1.86. The van der Waals surface area contributed by atoms with E-state index in [1.54, 1.807) is 0 Å². The highest BCUT2D eigenvalue weighted by Gasteiger charge is 2.06. The van der Waals surface area contributed by atoms with E-state index in [0.717, 1.165) is 18.5 Å². The normalized spacial score (nSPS) is 10.6. The maximum absolute atomic E-state index is 11.1. The Labute approximate surface area is 101 Å². The van der Waals surface area contributed by atoms with Gasteiger partial charge in [0.15, 0.2) is 5.75 Å². The summed E-state index contributed by atoms with van der Waals surface area (Å²) in [4.78, 5) is 15.4. The molecule has 0 aliphatic rings. The Morgan fingerprint density at radius 2 is 2.41 bits per heavy atom. The van der Waals surface area contributed by atoms with Crippen LogP contribution in [0.1, 0.15) is 18.5 Å². The summed E-state index contributed by atoms with van der Waals surface area (Å²) in [5.41, 5.74) is -0.448. The van der Waals surface area contributed by atoms with Crippen LogP contribution in [0.2, 0.25) is 0 Å². The van der Waals surface area contributed by atoms with E-state index in [-0.39, 0.29) is 5.75 Å². The average Bonchev–Trinajstić information content (AvgIpc) is 2.79. The molecule has 0 fully saturated rings. The van der Waals surface area contributed by atoms with Crippen molar-refractivity contribution in [1.29, 1.82) is 0 Å². The molecular weight excluding hydrogens is 242 g/mol. The van der Waals surface area contributed by atoms with Crippen molar-refractivity contribution < 1.29 is 9.52 Å². The topological polar surface area (TPSA) is 92.0 Å². The Morgan fingerprint density at radius 3 is 3.06 bits per heavy atom. The summed E-state index contributed by atoms with van der Waals surface area (Å²) in [6.45, 7) is 1.98. The third-order valence-electron chi connectivity index (χ3n) is 2.06. The molecule has 0 saturated heterocycles. The third-order valence-corrected chi connectivity index (χ3v) is 2.93. The number of thioether (sulfide) groups is 1. The molecule has 0 radical (unpaired) electrons. The number of hydrogen-bond donors (Lipinski definition) is 2. The summed E-state index contributed by atoms with van der Waals surface area (Å²) < 4.78 is 5.06. The van der Waals surface area contributed by atoms with E-state index in [2.05, 4.69) is 15.2 Å². The molecule has 0 aliphatic heterocycles. The minimum atomic E-state index is -0.448. The lowest BCUT2D eigenvalue weighted by molar-refractivity contribution is 0.419. The number of hydrogen-bond acceptors (Lipinski definition) is 6. The first kappa shape index (κ1) is 11.7. The van der Waals surface area contributed by atoms with Crippen LogP contribution in [0.25, 0.3) is 0 Å². The van der Waals surface area contributed by atoms with Gasteiger partial charge in [0.2, 0.25) is 10.6 Å². The van der Waals surface area contributed by atoms with Crippen LogP contribution in [-0.4, -0.2) is 20.3 Å². The molecule has 17 heavy (non-hydrogen) atoms. The van der Waals surface area contributed by atoms with E-state index in [4.69, 9.17) is 9.52 Å². The molecule has 6 nitrogen and oxygen atoms in total. The molecule has 2 rings (SSSR count). The zero-order valence-corrected chi connectivity index (χ0v) is 9.95. The van der Waals surface area contributed by atoms with E-state index in [1.807, 2.05) is 6.92 Å². The Morgan fingerprint density at radius 1 is 1.59 bits per heavy atom. The molecule has 2 aromatic heterocycles. The molecule has 2 N–H and O–H groups in total. The first-order chi connectivity index (χ1) is 8.19. The number of nitrogens with one attached hydrogen (secondary N) is 1. The maximum Gasteiger partial charge on any atom is 0.226 e. The van der Waals surface area contributed by atoms with Gasteiger partial charge in [-0.25, -0.2) is 4.98 Å². The molecular formula is C10H11N3O3S. The van der Waals surface area contributed by atoms with Gasteiger partial charge in [-0.3, -0.25) is 9.89 Å². The Bertz CT molecular complexity index is 564. The van der Waals surface area contributed by atoms with Crippen molar-refractivity contribution in [1.82, 2.24) is 15.2 Å². The Hall–Kier alpha value is -1.76. The summed E-state index contributed by atoms with van der Waals surface area (Å²) in [6, 6.07) is 1.26. The first-order valence-corrected chi connectivity index (χ1v) is 6.02. The summed E-state index contributed by atoms with van der Waals surface area (Å²) in [5.74, 6) is 1.35. The molecule has 0 saturated carbocycles. The second-order valence-electron chi connectivity index (χ2n) is 3.30. The van der Waals surface area contributed by atoms with Gasteiger partial charge in [-0.05, 0) is 0 Å². The van der Waals surface area contributed by atoms with Gasteiger partial charge in [0, 0.05) is 12.5 Å². The molecule has 90 valence electrons. The van der Waals surface area contributed by atoms with Gasteiger partial charge in [-0.1, -0.05) is 18.7 Å². The minimum absolute atomic E-state index is 0.384. The molecule has 2 aromatic rings. The fourth-order valence-electron chi connectivity index (χ4n) is 1.16. The van der Waals surface area contributed by atoms with Crippen molar-refractivity contribution in [3.63, 3.8) is 0 Å². The van der Waals surface area contributed by atoms with Crippen LogP contribution in [0.5, 0.6) is 5.75 Å². The first-order valence-electron chi connectivity index (χ1n) is 5.04. The highest BCUT2D eigenvalue weighted by atomic mass is 32.2. The molecule has 0 bridgehead atoms. The smallest absolute Gasteiger partial charge is 0.226 e. The van der Waals surface area contributed by atoms with Crippen molar-refractivity contribution in [2.45, 2.75) is 24.3 Å². The zero-order chi connectivity index (χ0) is 12.3. The minimum Gasteiger partial charge on any atom is -0.502 e. The van der Waals surface area contributed by atoms with Crippen LogP contribution in [0.4, 0.5) is 0 Å². The van der Waals surface area contributed by atoms with Crippen LogP contribution in [-0.2, 0) is 12.2 Å². The molecule has 0 spiro atoms. The van der Waals surface area contributed by atoms with Gasteiger partial charge in [-0.2, -0.15) is 0 Å². The van der Waals surface area contributed by atoms with E-state index in [0.29, 0.717) is 16.7 Å². The Balaban J connectivity index is 2.02. The molecule has 7 heteroatoms. The van der Waals surface area contributed by atoms with E-state index in [1.165, 1.54) is 17.8 Å². The largest absolute Gasteiger partial charge is 0.502 e. The van der Waals surface area contributed by atoms with Crippen molar-refractivity contribution in [3.8, 4) is 5.75 Å². The summed E-state index contributed by atoms with van der Waals surface area (Å²) in [7, 11) is 0. The number of rotatable bonds is 4. The van der Waals surface area contributed by atoms with Gasteiger partial charge in [-0.15, -0.1) is 5.10 Å². The highest BCUT2D eigenvalue weighted by Crippen LogP contribution is 2.18. The van der Waals surface area contributed by atoms with Crippen molar-refractivity contribution in [2.24, 2.45) is 0 Å².